The van der Waals surface area contributed by atoms with Gasteiger partial charge in [-0.15, -0.1) is 0 Å². The Morgan fingerprint density at radius 1 is 0.581 bits per heavy atom. The summed E-state index contributed by atoms with van der Waals surface area (Å²) in [6.45, 7) is 2.12. The Bertz CT molecular complexity index is 1210. The van der Waals surface area contributed by atoms with Gasteiger partial charge in [-0.05, 0) is 77.4 Å². The average molecular weight is 402 g/mol. The van der Waals surface area contributed by atoms with Crippen LogP contribution in [0.1, 0.15) is 27.8 Å². The highest BCUT2D eigenvalue weighted by Gasteiger charge is 2.11. The van der Waals surface area contributed by atoms with Crippen molar-refractivity contribution in [1.82, 2.24) is 0 Å². The molecule has 0 aliphatic heterocycles. The summed E-state index contributed by atoms with van der Waals surface area (Å²) in [7, 11) is 2.12. The Morgan fingerprint density at radius 3 is 1.68 bits per heavy atom. The summed E-state index contributed by atoms with van der Waals surface area (Å²) >= 11 is 0. The van der Waals surface area contributed by atoms with Crippen LogP contribution in [0.25, 0.3) is 23.3 Å². The first-order chi connectivity index (χ1) is 15.2. The summed E-state index contributed by atoms with van der Waals surface area (Å²) in [5, 5.41) is 0. The van der Waals surface area contributed by atoms with Crippen molar-refractivity contribution in [3.05, 3.63) is 119 Å². The Kier molecular flexibility index (Phi) is 5.18. The molecule has 31 heavy (non-hydrogen) atoms. The fourth-order valence-electron chi connectivity index (χ4n) is 4.09. The lowest BCUT2D eigenvalue weighted by atomic mass is 9.87. The number of hydrogen-bond donors (Lipinski definition) is 0. The zero-order valence-corrected chi connectivity index (χ0v) is 18.2. The third-order valence-corrected chi connectivity index (χ3v) is 6.28. The standard InChI is InChI=1S/C30H27N/c1-22-3-10-25(11-4-22)26-15-19-30(20-16-26)31(2)29-17-8-23(9-18-29)5-6-24-7-12-27-13-14-28(27)21-24/h3-12,15-21H,13-14H2,1-2H3/b6-5+. The maximum atomic E-state index is 2.32. The minimum absolute atomic E-state index is 1.18. The number of hydrogen-bond acceptors (Lipinski definition) is 1. The number of nitrogens with zero attached hydrogens (tertiary/aromatic N) is 1. The van der Waals surface area contributed by atoms with Gasteiger partial charge in [0, 0.05) is 18.4 Å². The van der Waals surface area contributed by atoms with Crippen LogP contribution in [0.15, 0.2) is 91.0 Å². The summed E-state index contributed by atoms with van der Waals surface area (Å²) in [6.07, 6.45) is 6.87. The normalized spacial score (nSPS) is 12.5. The molecule has 0 spiro atoms. The van der Waals surface area contributed by atoms with E-state index in [1.54, 1.807) is 0 Å². The van der Waals surface area contributed by atoms with Gasteiger partial charge in [0.05, 0.1) is 0 Å². The fraction of sp³-hybridized carbons (Fsp3) is 0.133. The average Bonchev–Trinajstić information content (AvgIpc) is 2.80. The molecule has 0 aromatic heterocycles. The first kappa shape index (κ1) is 19.4. The lowest BCUT2D eigenvalue weighted by Gasteiger charge is -2.20. The molecule has 152 valence electrons. The van der Waals surface area contributed by atoms with Crippen LogP contribution in [0.4, 0.5) is 11.4 Å². The second-order valence-electron chi connectivity index (χ2n) is 8.42. The summed E-state index contributed by atoms with van der Waals surface area (Å²) in [4.78, 5) is 2.23. The molecule has 0 bridgehead atoms. The van der Waals surface area contributed by atoms with Gasteiger partial charge < -0.3 is 4.90 Å². The molecular weight excluding hydrogens is 374 g/mol. The van der Waals surface area contributed by atoms with Crippen LogP contribution in [0.3, 0.4) is 0 Å². The molecule has 0 saturated heterocycles. The van der Waals surface area contributed by atoms with Crippen LogP contribution in [-0.2, 0) is 12.8 Å². The minimum Gasteiger partial charge on any atom is -0.345 e. The molecule has 1 aliphatic rings. The van der Waals surface area contributed by atoms with Gasteiger partial charge in [0.25, 0.3) is 0 Å². The molecule has 0 N–H and O–H groups in total. The van der Waals surface area contributed by atoms with Gasteiger partial charge >= 0.3 is 0 Å². The minimum atomic E-state index is 1.18. The van der Waals surface area contributed by atoms with Gasteiger partial charge in [-0.1, -0.05) is 84.4 Å². The molecule has 0 saturated carbocycles. The first-order valence-electron chi connectivity index (χ1n) is 11.0. The van der Waals surface area contributed by atoms with E-state index in [-0.39, 0.29) is 0 Å². The highest BCUT2D eigenvalue weighted by atomic mass is 15.1. The molecule has 1 aliphatic carbocycles. The van der Waals surface area contributed by atoms with Crippen LogP contribution in [0, 0.1) is 6.92 Å². The van der Waals surface area contributed by atoms with Crippen LogP contribution in [0.2, 0.25) is 0 Å². The second-order valence-corrected chi connectivity index (χ2v) is 8.42. The van der Waals surface area contributed by atoms with Crippen LogP contribution >= 0.6 is 0 Å². The SMILES string of the molecule is Cc1ccc(-c2ccc(N(C)c3ccc(/C=C/c4ccc5c(c4)CC5)cc3)cc2)cc1. The van der Waals surface area contributed by atoms with Crippen LogP contribution in [-0.4, -0.2) is 7.05 Å². The molecule has 5 rings (SSSR count). The summed E-state index contributed by atoms with van der Waals surface area (Å²) in [6, 6.07) is 33.0. The molecule has 4 aromatic carbocycles. The van der Waals surface area contributed by atoms with Gasteiger partial charge in [-0.25, -0.2) is 0 Å². The van der Waals surface area contributed by atoms with E-state index in [9.17, 15) is 0 Å². The highest BCUT2D eigenvalue weighted by Crippen LogP contribution is 2.28. The van der Waals surface area contributed by atoms with Crippen molar-refractivity contribution in [2.45, 2.75) is 19.8 Å². The highest BCUT2D eigenvalue weighted by molar-refractivity contribution is 5.73. The number of benzene rings is 4. The first-order valence-corrected chi connectivity index (χ1v) is 11.0. The van der Waals surface area contributed by atoms with Gasteiger partial charge in [0.1, 0.15) is 0 Å². The summed E-state index contributed by atoms with van der Waals surface area (Å²) in [5.41, 5.74) is 11.7. The van der Waals surface area contributed by atoms with E-state index in [1.165, 1.54) is 63.2 Å². The smallest absolute Gasteiger partial charge is 0.0408 e. The molecule has 1 nitrogen and oxygen atoms in total. The van der Waals surface area contributed by atoms with Gasteiger partial charge in [-0.3, -0.25) is 0 Å². The molecule has 0 unspecified atom stereocenters. The largest absolute Gasteiger partial charge is 0.345 e. The van der Waals surface area contributed by atoms with Crippen molar-refractivity contribution in [1.29, 1.82) is 0 Å². The Hall–Kier alpha value is -3.58. The maximum Gasteiger partial charge on any atom is 0.0408 e. The zero-order valence-electron chi connectivity index (χ0n) is 18.2. The van der Waals surface area contributed by atoms with E-state index in [2.05, 4.69) is 122 Å². The molecular formula is C30H27N. The second kappa shape index (κ2) is 8.28. The van der Waals surface area contributed by atoms with E-state index < -0.39 is 0 Å². The monoisotopic (exact) mass is 401 g/mol. The van der Waals surface area contributed by atoms with Gasteiger partial charge in [-0.2, -0.15) is 0 Å². The molecule has 4 aromatic rings. The van der Waals surface area contributed by atoms with Crippen LogP contribution in [0.5, 0.6) is 0 Å². The van der Waals surface area contributed by atoms with Gasteiger partial charge in [0.15, 0.2) is 0 Å². The van der Waals surface area contributed by atoms with Crippen molar-refractivity contribution >= 4 is 23.5 Å². The third-order valence-electron chi connectivity index (χ3n) is 6.28. The van der Waals surface area contributed by atoms with Crippen LogP contribution < -0.4 is 4.90 Å². The molecule has 0 radical (unpaired) electrons. The molecule has 0 heterocycles. The molecule has 1 heteroatoms. The number of aryl methyl sites for hydroxylation is 3. The number of anilines is 2. The number of fused-ring (bicyclic) bond motifs is 1. The molecule has 0 amide bonds. The predicted octanol–water partition coefficient (Wildman–Crippen LogP) is 7.70. The number of rotatable bonds is 5. The summed E-state index contributed by atoms with van der Waals surface area (Å²) < 4.78 is 0. The third kappa shape index (κ3) is 4.18. The Balaban J connectivity index is 1.28. The van der Waals surface area contributed by atoms with Crippen molar-refractivity contribution in [3.63, 3.8) is 0 Å². The predicted molar refractivity (Wildman–Crippen MR) is 134 cm³/mol. The molecule has 0 atom stereocenters. The van der Waals surface area contributed by atoms with Crippen molar-refractivity contribution in [2.24, 2.45) is 0 Å². The van der Waals surface area contributed by atoms with Crippen molar-refractivity contribution in [3.8, 4) is 11.1 Å². The van der Waals surface area contributed by atoms with E-state index in [0.717, 1.165) is 0 Å². The zero-order chi connectivity index (χ0) is 21.2. The quantitative estimate of drug-likeness (QED) is 0.310. The lowest BCUT2D eigenvalue weighted by Crippen LogP contribution is -2.08. The van der Waals surface area contributed by atoms with Crippen molar-refractivity contribution < 1.29 is 0 Å². The lowest BCUT2D eigenvalue weighted by molar-refractivity contribution is 0.839. The summed E-state index contributed by atoms with van der Waals surface area (Å²) in [5.74, 6) is 0. The fourth-order valence-corrected chi connectivity index (χ4v) is 4.09. The van der Waals surface area contributed by atoms with Crippen molar-refractivity contribution in [2.75, 3.05) is 11.9 Å². The van der Waals surface area contributed by atoms with E-state index in [4.69, 9.17) is 0 Å². The van der Waals surface area contributed by atoms with Gasteiger partial charge in [0.2, 0.25) is 0 Å². The topological polar surface area (TPSA) is 3.24 Å². The Morgan fingerprint density at radius 2 is 1.10 bits per heavy atom. The van der Waals surface area contributed by atoms with E-state index in [0.29, 0.717) is 0 Å². The Labute approximate surface area is 185 Å². The van der Waals surface area contributed by atoms with E-state index >= 15 is 0 Å². The van der Waals surface area contributed by atoms with E-state index in [1.807, 2.05) is 0 Å². The maximum absolute atomic E-state index is 2.32. The molecule has 0 fully saturated rings.